The van der Waals surface area contributed by atoms with E-state index in [9.17, 15) is 20.2 Å². The molecule has 0 spiro atoms. The van der Waals surface area contributed by atoms with E-state index in [2.05, 4.69) is 10.6 Å². The molecule has 0 aromatic carbocycles. The fourth-order valence-corrected chi connectivity index (χ4v) is 1.37. The van der Waals surface area contributed by atoms with Crippen LogP contribution in [0.1, 0.15) is 12.8 Å². The zero-order valence-corrected chi connectivity index (χ0v) is 10.6. The number of hydrogen-bond donors (Lipinski definition) is 4. The van der Waals surface area contributed by atoms with Crippen molar-refractivity contribution in [3.63, 3.8) is 0 Å². The van der Waals surface area contributed by atoms with Crippen LogP contribution in [0.15, 0.2) is 0 Å². The fraction of sp³-hybridized carbons (Fsp3) is 1.00. The van der Waals surface area contributed by atoms with Crippen LogP contribution in [0.5, 0.6) is 0 Å². The highest BCUT2D eigenvalue weighted by Gasteiger charge is 2.55. The molecule has 0 aliphatic carbocycles. The summed E-state index contributed by atoms with van der Waals surface area (Å²) in [4.78, 5) is 20.1. The smallest absolute Gasteiger partial charge is 0.396 e. The van der Waals surface area contributed by atoms with E-state index in [0.29, 0.717) is 12.8 Å². The molecule has 0 bridgehead atoms. The first-order valence-corrected chi connectivity index (χ1v) is 5.93. The molecule has 0 aliphatic rings. The molecular formula is C9H20N4O6. The minimum Gasteiger partial charge on any atom is -0.396 e. The van der Waals surface area contributed by atoms with Gasteiger partial charge in [-0.2, -0.15) is 0 Å². The molecule has 0 fully saturated rings. The van der Waals surface area contributed by atoms with Crippen molar-refractivity contribution in [3.05, 3.63) is 20.2 Å². The molecule has 0 saturated carbocycles. The molecule has 0 radical (unpaired) electrons. The molecule has 0 heterocycles. The minimum atomic E-state index is -2.34. The SMILES string of the molecule is O=[N+]([O-])C(CNCCCO)(CNCCCO)[N+](=O)[O-]. The largest absolute Gasteiger partial charge is 0.482 e. The zero-order chi connectivity index (χ0) is 14.7. The Labute approximate surface area is 110 Å². The second kappa shape index (κ2) is 9.55. The molecule has 0 aromatic heterocycles. The predicted octanol–water partition coefficient (Wildman–Crippen LogP) is -1.82. The van der Waals surface area contributed by atoms with E-state index in [0.717, 1.165) is 0 Å². The molecule has 112 valence electrons. The van der Waals surface area contributed by atoms with Crippen LogP contribution in [0.25, 0.3) is 0 Å². The summed E-state index contributed by atoms with van der Waals surface area (Å²) in [6, 6.07) is 0. The molecule has 0 unspecified atom stereocenters. The lowest BCUT2D eigenvalue weighted by Gasteiger charge is -2.18. The Morgan fingerprint density at radius 3 is 1.53 bits per heavy atom. The zero-order valence-electron chi connectivity index (χ0n) is 10.6. The van der Waals surface area contributed by atoms with Crippen LogP contribution in [0.3, 0.4) is 0 Å². The van der Waals surface area contributed by atoms with Gasteiger partial charge in [-0.3, -0.25) is 20.2 Å². The fourth-order valence-electron chi connectivity index (χ4n) is 1.37. The van der Waals surface area contributed by atoms with Gasteiger partial charge in [-0.05, 0) is 25.9 Å². The van der Waals surface area contributed by atoms with Gasteiger partial charge >= 0.3 is 5.66 Å². The molecular weight excluding hydrogens is 260 g/mol. The van der Waals surface area contributed by atoms with Crippen LogP contribution in [-0.4, -0.2) is 65.1 Å². The van der Waals surface area contributed by atoms with Gasteiger partial charge in [0, 0.05) is 13.2 Å². The monoisotopic (exact) mass is 280 g/mol. The van der Waals surface area contributed by atoms with E-state index in [1.54, 1.807) is 0 Å². The summed E-state index contributed by atoms with van der Waals surface area (Å²) in [6.45, 7) is -0.525. The lowest BCUT2D eigenvalue weighted by molar-refractivity contribution is -0.791. The van der Waals surface area contributed by atoms with Crippen molar-refractivity contribution in [3.8, 4) is 0 Å². The number of rotatable bonds is 12. The van der Waals surface area contributed by atoms with Crippen LogP contribution >= 0.6 is 0 Å². The van der Waals surface area contributed by atoms with Crippen molar-refractivity contribution in [2.24, 2.45) is 0 Å². The topological polar surface area (TPSA) is 151 Å². The molecule has 0 aliphatic heterocycles. The van der Waals surface area contributed by atoms with E-state index in [1.165, 1.54) is 0 Å². The first-order chi connectivity index (χ1) is 9.01. The molecule has 0 saturated heterocycles. The Bertz CT molecular complexity index is 260. The van der Waals surface area contributed by atoms with Crippen LogP contribution in [-0.2, 0) is 0 Å². The highest BCUT2D eigenvalue weighted by molar-refractivity contribution is 4.74. The average Bonchev–Trinajstić information content (AvgIpc) is 2.36. The molecule has 19 heavy (non-hydrogen) atoms. The summed E-state index contributed by atoms with van der Waals surface area (Å²) in [6.07, 6.45) is 0.729. The van der Waals surface area contributed by atoms with Crippen molar-refractivity contribution in [2.75, 3.05) is 39.4 Å². The second-order valence-corrected chi connectivity index (χ2v) is 4.00. The highest BCUT2D eigenvalue weighted by Crippen LogP contribution is 2.09. The molecule has 10 nitrogen and oxygen atoms in total. The van der Waals surface area contributed by atoms with Gasteiger partial charge in [0.2, 0.25) is 0 Å². The van der Waals surface area contributed by atoms with E-state index in [1.807, 2.05) is 0 Å². The van der Waals surface area contributed by atoms with Crippen molar-refractivity contribution < 1.29 is 20.1 Å². The molecule has 10 heteroatoms. The maximum absolute atomic E-state index is 11.0. The summed E-state index contributed by atoms with van der Waals surface area (Å²) < 4.78 is 0. The number of nitro groups is 2. The summed E-state index contributed by atoms with van der Waals surface area (Å²) in [5.74, 6) is 0. The normalized spacial score (nSPS) is 11.5. The van der Waals surface area contributed by atoms with Crippen LogP contribution in [0.4, 0.5) is 0 Å². The Morgan fingerprint density at radius 2 is 1.26 bits per heavy atom. The van der Waals surface area contributed by atoms with E-state index < -0.39 is 28.6 Å². The van der Waals surface area contributed by atoms with Crippen molar-refractivity contribution >= 4 is 0 Å². The van der Waals surface area contributed by atoms with Gasteiger partial charge in [-0.1, -0.05) is 0 Å². The maximum atomic E-state index is 11.0. The first kappa shape index (κ1) is 17.6. The second-order valence-electron chi connectivity index (χ2n) is 4.00. The number of aliphatic hydroxyl groups excluding tert-OH is 2. The molecule has 0 atom stereocenters. The van der Waals surface area contributed by atoms with Crippen molar-refractivity contribution in [1.29, 1.82) is 0 Å². The molecule has 4 N–H and O–H groups in total. The van der Waals surface area contributed by atoms with Gasteiger partial charge in [0.15, 0.2) is 0 Å². The average molecular weight is 280 g/mol. The Morgan fingerprint density at radius 1 is 0.895 bits per heavy atom. The van der Waals surface area contributed by atoms with Crippen LogP contribution < -0.4 is 10.6 Å². The molecule has 0 rings (SSSR count). The summed E-state index contributed by atoms with van der Waals surface area (Å²) in [5, 5.41) is 44.3. The van der Waals surface area contributed by atoms with E-state index in [4.69, 9.17) is 10.2 Å². The molecule has 0 amide bonds. The van der Waals surface area contributed by atoms with Crippen molar-refractivity contribution in [2.45, 2.75) is 18.5 Å². The van der Waals surface area contributed by atoms with Gasteiger partial charge in [0.25, 0.3) is 0 Å². The lowest BCUT2D eigenvalue weighted by Crippen LogP contribution is -2.59. The standard InChI is InChI=1S/C9H20N4O6/c14-5-1-3-10-7-9(12(16)17,13(18)19)8-11-4-2-6-15/h10-11,14-15H,1-8H2. The third-order valence-electron chi connectivity index (χ3n) is 2.52. The lowest BCUT2D eigenvalue weighted by atomic mass is 10.1. The van der Waals surface area contributed by atoms with Gasteiger partial charge in [0.05, 0.1) is 0 Å². The summed E-state index contributed by atoms with van der Waals surface area (Å²) in [7, 11) is 0. The van der Waals surface area contributed by atoms with Gasteiger partial charge in [0.1, 0.15) is 22.9 Å². The van der Waals surface area contributed by atoms with E-state index >= 15 is 0 Å². The summed E-state index contributed by atoms with van der Waals surface area (Å²) >= 11 is 0. The van der Waals surface area contributed by atoms with Crippen LogP contribution in [0.2, 0.25) is 0 Å². The van der Waals surface area contributed by atoms with Gasteiger partial charge in [-0.15, -0.1) is 0 Å². The Balaban J connectivity index is 4.51. The van der Waals surface area contributed by atoms with Crippen LogP contribution in [0, 0.1) is 20.2 Å². The Kier molecular flexibility index (Phi) is 8.87. The number of aliphatic hydroxyl groups is 2. The quantitative estimate of drug-likeness (QED) is 0.141. The number of hydrogen-bond acceptors (Lipinski definition) is 8. The Hall–Kier alpha value is -1.36. The third kappa shape index (κ3) is 5.87. The summed E-state index contributed by atoms with van der Waals surface area (Å²) in [5.41, 5.74) is -2.34. The van der Waals surface area contributed by atoms with E-state index in [-0.39, 0.29) is 26.3 Å². The third-order valence-corrected chi connectivity index (χ3v) is 2.52. The minimum absolute atomic E-state index is 0.0916. The maximum Gasteiger partial charge on any atom is 0.482 e. The first-order valence-electron chi connectivity index (χ1n) is 5.93. The molecule has 0 aromatic rings. The van der Waals surface area contributed by atoms with Crippen molar-refractivity contribution in [1.82, 2.24) is 10.6 Å². The number of nitrogens with zero attached hydrogens (tertiary/aromatic N) is 2. The highest BCUT2D eigenvalue weighted by atomic mass is 16.7. The van der Waals surface area contributed by atoms with Gasteiger partial charge < -0.3 is 20.8 Å². The van der Waals surface area contributed by atoms with Gasteiger partial charge in [-0.25, -0.2) is 0 Å². The number of nitrogens with one attached hydrogen (secondary N) is 2. The predicted molar refractivity (Wildman–Crippen MR) is 65.9 cm³/mol.